The van der Waals surface area contributed by atoms with Gasteiger partial charge >= 0.3 is 0 Å². The first-order chi connectivity index (χ1) is 13.5. The molecule has 0 fully saturated rings. The van der Waals surface area contributed by atoms with Gasteiger partial charge < -0.3 is 5.32 Å². The Hall–Kier alpha value is -2.67. The summed E-state index contributed by atoms with van der Waals surface area (Å²) < 4.78 is 2.05. The summed E-state index contributed by atoms with van der Waals surface area (Å²) in [7, 11) is 0. The number of nitrogens with one attached hydrogen (secondary N) is 1. The average molecular weight is 396 g/mol. The summed E-state index contributed by atoms with van der Waals surface area (Å²) >= 11 is 1.39. The maximum Gasteiger partial charge on any atom is 0.234 e. The van der Waals surface area contributed by atoms with E-state index < -0.39 is 0 Å². The number of hydrogen-bond donors (Lipinski definition) is 1. The van der Waals surface area contributed by atoms with Crippen molar-refractivity contribution in [3.05, 3.63) is 54.4 Å². The summed E-state index contributed by atoms with van der Waals surface area (Å²) in [5, 5.41) is 12.3. The minimum Gasteiger partial charge on any atom is -0.325 e. The minimum atomic E-state index is -0.0638. The van der Waals surface area contributed by atoms with Gasteiger partial charge in [0.2, 0.25) is 5.91 Å². The summed E-state index contributed by atoms with van der Waals surface area (Å²) in [6.07, 6.45) is 3.47. The maximum atomic E-state index is 12.4. The third kappa shape index (κ3) is 4.78. The second kappa shape index (κ2) is 9.01. The molecule has 6 nitrogen and oxygen atoms in total. The molecule has 0 unspecified atom stereocenters. The summed E-state index contributed by atoms with van der Waals surface area (Å²) in [5.74, 6) is 1.46. The van der Waals surface area contributed by atoms with Gasteiger partial charge in [-0.1, -0.05) is 37.7 Å². The maximum absolute atomic E-state index is 12.4. The number of hydrogen-bond acceptors (Lipinski definition) is 5. The molecule has 0 atom stereocenters. The van der Waals surface area contributed by atoms with Gasteiger partial charge in [0, 0.05) is 29.7 Å². The van der Waals surface area contributed by atoms with E-state index in [1.54, 1.807) is 12.4 Å². The van der Waals surface area contributed by atoms with E-state index in [0.29, 0.717) is 5.92 Å². The first-order valence-electron chi connectivity index (χ1n) is 9.33. The van der Waals surface area contributed by atoms with Crippen molar-refractivity contribution in [1.29, 1.82) is 0 Å². The van der Waals surface area contributed by atoms with Crippen LogP contribution in [0.1, 0.15) is 45.2 Å². The SMILES string of the molecule is CC(C)c1ccc(NC(=O)CSc2nnc(-c3ccncc3)n2C(C)C)cc1. The molecule has 3 rings (SSSR count). The highest BCUT2D eigenvalue weighted by Crippen LogP contribution is 2.27. The van der Waals surface area contributed by atoms with Gasteiger partial charge in [-0.25, -0.2) is 0 Å². The van der Waals surface area contributed by atoms with Crippen molar-refractivity contribution in [2.45, 2.75) is 44.8 Å². The summed E-state index contributed by atoms with van der Waals surface area (Å²) in [5.41, 5.74) is 3.01. The Kier molecular flexibility index (Phi) is 6.46. The zero-order chi connectivity index (χ0) is 20.1. The monoisotopic (exact) mass is 395 g/mol. The van der Waals surface area contributed by atoms with Gasteiger partial charge in [-0.15, -0.1) is 10.2 Å². The van der Waals surface area contributed by atoms with Crippen LogP contribution in [0.25, 0.3) is 11.4 Å². The Morgan fingerprint density at radius 3 is 2.32 bits per heavy atom. The second-order valence-corrected chi connectivity index (χ2v) is 8.06. The van der Waals surface area contributed by atoms with Crippen molar-refractivity contribution >= 4 is 23.4 Å². The molecule has 0 spiro atoms. The molecule has 2 heterocycles. The lowest BCUT2D eigenvalue weighted by molar-refractivity contribution is -0.113. The first-order valence-corrected chi connectivity index (χ1v) is 10.3. The summed E-state index contributed by atoms with van der Waals surface area (Å²) in [4.78, 5) is 16.4. The molecule has 1 N–H and O–H groups in total. The number of pyridine rings is 1. The Morgan fingerprint density at radius 1 is 1.04 bits per heavy atom. The predicted octanol–water partition coefficient (Wildman–Crippen LogP) is 4.78. The van der Waals surface area contributed by atoms with Gasteiger partial charge in [-0.2, -0.15) is 0 Å². The largest absolute Gasteiger partial charge is 0.325 e. The fourth-order valence-electron chi connectivity index (χ4n) is 2.82. The van der Waals surface area contributed by atoms with Crippen LogP contribution in [0.2, 0.25) is 0 Å². The molecular formula is C21H25N5OS. The number of thioether (sulfide) groups is 1. The Labute approximate surface area is 169 Å². The Morgan fingerprint density at radius 2 is 1.71 bits per heavy atom. The molecule has 146 valence electrons. The van der Waals surface area contributed by atoms with Crippen LogP contribution >= 0.6 is 11.8 Å². The number of rotatable bonds is 7. The lowest BCUT2D eigenvalue weighted by Crippen LogP contribution is -2.15. The van der Waals surface area contributed by atoms with Crippen molar-refractivity contribution in [3.8, 4) is 11.4 Å². The molecule has 0 bridgehead atoms. The van der Waals surface area contributed by atoms with Gasteiger partial charge in [-0.05, 0) is 49.6 Å². The quantitative estimate of drug-likeness (QED) is 0.583. The molecule has 0 aliphatic carbocycles. The van der Waals surface area contributed by atoms with Crippen LogP contribution in [0, 0.1) is 0 Å². The van der Waals surface area contributed by atoms with Crippen molar-refractivity contribution in [2.24, 2.45) is 0 Å². The average Bonchev–Trinajstić information content (AvgIpc) is 3.12. The number of carbonyl (C=O) groups excluding carboxylic acids is 1. The van der Waals surface area contributed by atoms with Crippen LogP contribution in [0.5, 0.6) is 0 Å². The molecule has 2 aromatic heterocycles. The van der Waals surface area contributed by atoms with Gasteiger partial charge in [0.05, 0.1) is 5.75 Å². The zero-order valence-corrected chi connectivity index (χ0v) is 17.4. The predicted molar refractivity (Wildman–Crippen MR) is 114 cm³/mol. The van der Waals surface area contributed by atoms with Crippen LogP contribution in [0.4, 0.5) is 5.69 Å². The lowest BCUT2D eigenvalue weighted by atomic mass is 10.0. The fourth-order valence-corrected chi connectivity index (χ4v) is 3.68. The third-order valence-electron chi connectivity index (χ3n) is 4.31. The van der Waals surface area contributed by atoms with Gasteiger partial charge in [-0.3, -0.25) is 14.3 Å². The molecule has 1 aromatic carbocycles. The smallest absolute Gasteiger partial charge is 0.234 e. The van der Waals surface area contributed by atoms with E-state index in [1.807, 2.05) is 41.0 Å². The Bertz CT molecular complexity index is 920. The van der Waals surface area contributed by atoms with Crippen molar-refractivity contribution in [3.63, 3.8) is 0 Å². The van der Waals surface area contributed by atoms with Gasteiger partial charge in [0.1, 0.15) is 0 Å². The van der Waals surface area contributed by atoms with Gasteiger partial charge in [0.25, 0.3) is 0 Å². The highest BCUT2D eigenvalue weighted by atomic mass is 32.2. The number of amides is 1. The number of benzene rings is 1. The highest BCUT2D eigenvalue weighted by Gasteiger charge is 2.17. The second-order valence-electron chi connectivity index (χ2n) is 7.12. The molecule has 0 aliphatic rings. The van der Waals surface area contributed by atoms with Crippen molar-refractivity contribution in [1.82, 2.24) is 19.7 Å². The van der Waals surface area contributed by atoms with E-state index in [4.69, 9.17) is 0 Å². The van der Waals surface area contributed by atoms with Crippen LogP contribution in [-0.2, 0) is 4.79 Å². The molecule has 0 saturated heterocycles. The van der Waals surface area contributed by atoms with E-state index >= 15 is 0 Å². The number of anilines is 1. The summed E-state index contributed by atoms with van der Waals surface area (Å²) in [6, 6.07) is 12.0. The number of aromatic nitrogens is 4. The van der Waals surface area contributed by atoms with E-state index in [1.165, 1.54) is 17.3 Å². The Balaban J connectivity index is 1.67. The molecule has 0 aliphatic heterocycles. The molecule has 7 heteroatoms. The zero-order valence-electron chi connectivity index (χ0n) is 16.6. The molecule has 0 saturated carbocycles. The normalized spacial score (nSPS) is 11.2. The van der Waals surface area contributed by atoms with Crippen LogP contribution < -0.4 is 5.32 Å². The minimum absolute atomic E-state index is 0.0638. The molecule has 0 radical (unpaired) electrons. The van der Waals surface area contributed by atoms with Crippen LogP contribution in [0.3, 0.4) is 0 Å². The molecule has 3 aromatic rings. The standard InChI is InChI=1S/C21H25N5OS/c1-14(2)16-5-7-18(8-6-16)23-19(27)13-28-21-25-24-20(26(21)15(3)4)17-9-11-22-12-10-17/h5-12,14-15H,13H2,1-4H3,(H,23,27). The summed E-state index contributed by atoms with van der Waals surface area (Å²) in [6.45, 7) is 8.45. The highest BCUT2D eigenvalue weighted by molar-refractivity contribution is 7.99. The molecular weight excluding hydrogens is 370 g/mol. The van der Waals surface area contributed by atoms with E-state index in [9.17, 15) is 4.79 Å². The fraction of sp³-hybridized carbons (Fsp3) is 0.333. The van der Waals surface area contributed by atoms with E-state index in [0.717, 1.165) is 22.2 Å². The van der Waals surface area contributed by atoms with E-state index in [-0.39, 0.29) is 17.7 Å². The third-order valence-corrected chi connectivity index (χ3v) is 5.26. The van der Waals surface area contributed by atoms with Gasteiger partial charge in [0.15, 0.2) is 11.0 Å². The van der Waals surface area contributed by atoms with Crippen molar-refractivity contribution < 1.29 is 4.79 Å². The molecule has 1 amide bonds. The number of nitrogens with zero attached hydrogens (tertiary/aromatic N) is 4. The van der Waals surface area contributed by atoms with Crippen molar-refractivity contribution in [2.75, 3.05) is 11.1 Å². The molecule has 28 heavy (non-hydrogen) atoms. The van der Waals surface area contributed by atoms with Crippen LogP contribution in [-0.4, -0.2) is 31.4 Å². The topological polar surface area (TPSA) is 72.7 Å². The van der Waals surface area contributed by atoms with E-state index in [2.05, 4.69) is 48.2 Å². The van der Waals surface area contributed by atoms with Crippen LogP contribution in [0.15, 0.2) is 53.9 Å². The lowest BCUT2D eigenvalue weighted by Gasteiger charge is -2.13. The number of carbonyl (C=O) groups is 1. The first kappa shape index (κ1) is 20.1.